The number of fused-ring (bicyclic) bond motifs is 1. The number of nitrogens with zero attached hydrogens (tertiary/aromatic N) is 3. The molecular weight excluding hydrogens is 481 g/mol. The molecule has 168 valence electrons. The molecule has 0 fully saturated rings. The molecule has 4 rings (SSSR count). The summed E-state index contributed by atoms with van der Waals surface area (Å²) in [6.07, 6.45) is 0. The van der Waals surface area contributed by atoms with Gasteiger partial charge in [0.15, 0.2) is 0 Å². The predicted octanol–water partition coefficient (Wildman–Crippen LogP) is 6.49. The number of benzene rings is 3. The van der Waals surface area contributed by atoms with Crippen molar-refractivity contribution < 1.29 is 4.79 Å². The summed E-state index contributed by atoms with van der Waals surface area (Å²) in [4.78, 5) is 33.1. The van der Waals surface area contributed by atoms with Gasteiger partial charge in [-0.25, -0.2) is 4.98 Å². The van der Waals surface area contributed by atoms with Crippen LogP contribution < -0.4 is 5.56 Å². The zero-order valence-corrected chi connectivity index (χ0v) is 20.4. The number of rotatable bonds is 4. The van der Waals surface area contributed by atoms with Crippen LogP contribution >= 0.6 is 34.8 Å². The van der Waals surface area contributed by atoms with Crippen LogP contribution in [0.2, 0.25) is 15.1 Å². The van der Waals surface area contributed by atoms with Gasteiger partial charge in [-0.05, 0) is 61.9 Å². The molecule has 8 heteroatoms. The highest BCUT2D eigenvalue weighted by Crippen LogP contribution is 2.28. The Morgan fingerprint density at radius 1 is 0.970 bits per heavy atom. The Morgan fingerprint density at radius 3 is 2.42 bits per heavy atom. The number of amides is 1. The van der Waals surface area contributed by atoms with Crippen molar-refractivity contribution in [2.45, 2.75) is 19.9 Å². The standard InChI is InChI=1S/C25H20Cl3N3O2/c1-14-18(26)8-6-10-22(14)31-23(29-21-9-5-4-7-17(21)25(31)33)15(2)30(3)24(32)16-11-12-19(27)20(28)13-16/h4-13,15H,1-3H3. The molecule has 0 N–H and O–H groups in total. The second-order valence-corrected chi connectivity index (χ2v) is 8.95. The van der Waals surface area contributed by atoms with Crippen molar-refractivity contribution in [1.29, 1.82) is 0 Å². The molecule has 0 aliphatic carbocycles. The number of para-hydroxylation sites is 1. The summed E-state index contributed by atoms with van der Waals surface area (Å²) in [7, 11) is 1.66. The molecule has 0 aliphatic rings. The minimum Gasteiger partial charge on any atom is -0.332 e. The maximum absolute atomic E-state index is 13.6. The fraction of sp³-hybridized carbons (Fsp3) is 0.160. The maximum atomic E-state index is 13.6. The highest BCUT2D eigenvalue weighted by molar-refractivity contribution is 6.42. The zero-order chi connectivity index (χ0) is 23.9. The Bertz CT molecular complexity index is 1450. The fourth-order valence-corrected chi connectivity index (χ4v) is 4.15. The van der Waals surface area contributed by atoms with Gasteiger partial charge in [0.25, 0.3) is 11.5 Å². The molecule has 1 heterocycles. The van der Waals surface area contributed by atoms with Crippen molar-refractivity contribution in [3.05, 3.63) is 103 Å². The summed E-state index contributed by atoms with van der Waals surface area (Å²) in [5.41, 5.74) is 2.06. The van der Waals surface area contributed by atoms with Gasteiger partial charge >= 0.3 is 0 Å². The molecule has 0 saturated carbocycles. The minimum absolute atomic E-state index is 0.233. The van der Waals surface area contributed by atoms with Crippen molar-refractivity contribution >= 4 is 51.6 Å². The number of aromatic nitrogens is 2. The summed E-state index contributed by atoms with van der Waals surface area (Å²) < 4.78 is 1.53. The molecule has 4 aromatic rings. The Morgan fingerprint density at radius 2 is 1.70 bits per heavy atom. The maximum Gasteiger partial charge on any atom is 0.266 e. The van der Waals surface area contributed by atoms with Gasteiger partial charge in [-0.2, -0.15) is 0 Å². The number of carbonyl (C=O) groups excluding carboxylic acids is 1. The lowest BCUT2D eigenvalue weighted by Gasteiger charge is -2.27. The van der Waals surface area contributed by atoms with E-state index in [1.807, 2.05) is 26.0 Å². The fourth-order valence-electron chi connectivity index (χ4n) is 3.68. The monoisotopic (exact) mass is 499 g/mol. The first kappa shape index (κ1) is 23.3. The van der Waals surface area contributed by atoms with Crippen molar-refractivity contribution in [2.75, 3.05) is 7.05 Å². The third-order valence-electron chi connectivity index (χ3n) is 5.72. The molecule has 3 aromatic carbocycles. The molecule has 0 spiro atoms. The molecule has 0 saturated heterocycles. The van der Waals surface area contributed by atoms with Gasteiger partial charge in [0.05, 0.1) is 32.7 Å². The lowest BCUT2D eigenvalue weighted by molar-refractivity contribution is 0.0735. The second-order valence-electron chi connectivity index (χ2n) is 7.73. The normalized spacial score (nSPS) is 12.1. The number of carbonyl (C=O) groups is 1. The Kier molecular flexibility index (Phi) is 6.48. The lowest BCUT2D eigenvalue weighted by atomic mass is 10.1. The first-order valence-electron chi connectivity index (χ1n) is 10.2. The van der Waals surface area contributed by atoms with Crippen LogP contribution in [0.4, 0.5) is 0 Å². The van der Waals surface area contributed by atoms with E-state index in [1.54, 1.807) is 49.5 Å². The molecule has 0 aliphatic heterocycles. The lowest BCUT2D eigenvalue weighted by Crippen LogP contribution is -2.35. The van der Waals surface area contributed by atoms with Crippen LogP contribution in [0.25, 0.3) is 16.6 Å². The molecule has 1 unspecified atom stereocenters. The summed E-state index contributed by atoms with van der Waals surface area (Å²) >= 11 is 18.5. The van der Waals surface area contributed by atoms with Gasteiger partial charge in [-0.15, -0.1) is 0 Å². The van der Waals surface area contributed by atoms with Gasteiger partial charge in [-0.1, -0.05) is 53.0 Å². The zero-order valence-electron chi connectivity index (χ0n) is 18.1. The average molecular weight is 501 g/mol. The SMILES string of the molecule is Cc1c(Cl)cccc1-n1c(C(C)N(C)C(=O)c2ccc(Cl)c(Cl)c2)nc2ccccc2c1=O. The summed E-state index contributed by atoms with van der Waals surface area (Å²) in [5, 5.41) is 1.67. The summed E-state index contributed by atoms with van der Waals surface area (Å²) in [6, 6.07) is 16.7. The van der Waals surface area contributed by atoms with E-state index in [0.29, 0.717) is 43.0 Å². The van der Waals surface area contributed by atoms with Crippen LogP contribution in [-0.2, 0) is 0 Å². The van der Waals surface area contributed by atoms with Crippen molar-refractivity contribution in [3.8, 4) is 5.69 Å². The highest BCUT2D eigenvalue weighted by Gasteiger charge is 2.26. The molecule has 0 bridgehead atoms. The summed E-state index contributed by atoms with van der Waals surface area (Å²) in [5.74, 6) is 0.137. The molecule has 0 radical (unpaired) electrons. The molecular formula is C25H20Cl3N3O2. The Balaban J connectivity index is 1.90. The van der Waals surface area contributed by atoms with Gasteiger partial charge in [0.2, 0.25) is 0 Å². The van der Waals surface area contributed by atoms with Gasteiger partial charge in [-0.3, -0.25) is 14.2 Å². The van der Waals surface area contributed by atoms with Crippen molar-refractivity contribution in [1.82, 2.24) is 14.5 Å². The molecule has 1 amide bonds. The second kappa shape index (κ2) is 9.18. The average Bonchev–Trinajstić information content (AvgIpc) is 2.81. The van der Waals surface area contributed by atoms with Crippen LogP contribution in [0.15, 0.2) is 65.5 Å². The van der Waals surface area contributed by atoms with E-state index < -0.39 is 6.04 Å². The van der Waals surface area contributed by atoms with E-state index in [1.165, 1.54) is 15.5 Å². The number of halogens is 3. The predicted molar refractivity (Wildman–Crippen MR) is 134 cm³/mol. The molecule has 33 heavy (non-hydrogen) atoms. The van der Waals surface area contributed by atoms with Crippen LogP contribution in [0.3, 0.4) is 0 Å². The highest BCUT2D eigenvalue weighted by atomic mass is 35.5. The number of hydrogen-bond donors (Lipinski definition) is 0. The molecule has 5 nitrogen and oxygen atoms in total. The largest absolute Gasteiger partial charge is 0.332 e. The van der Waals surface area contributed by atoms with E-state index in [-0.39, 0.29) is 11.5 Å². The van der Waals surface area contributed by atoms with E-state index >= 15 is 0 Å². The molecule has 1 atom stereocenters. The van der Waals surface area contributed by atoms with Gasteiger partial charge < -0.3 is 4.90 Å². The van der Waals surface area contributed by atoms with Crippen LogP contribution in [-0.4, -0.2) is 27.4 Å². The smallest absolute Gasteiger partial charge is 0.266 e. The van der Waals surface area contributed by atoms with Crippen molar-refractivity contribution in [3.63, 3.8) is 0 Å². The first-order valence-corrected chi connectivity index (χ1v) is 11.3. The number of hydrogen-bond acceptors (Lipinski definition) is 3. The van der Waals surface area contributed by atoms with E-state index in [0.717, 1.165) is 5.56 Å². The molecule has 1 aromatic heterocycles. The first-order chi connectivity index (χ1) is 15.7. The third kappa shape index (κ3) is 4.24. The van der Waals surface area contributed by atoms with Crippen LogP contribution in [0, 0.1) is 6.92 Å². The quantitative estimate of drug-likeness (QED) is 0.322. The van der Waals surface area contributed by atoms with E-state index in [2.05, 4.69) is 0 Å². The van der Waals surface area contributed by atoms with Gasteiger partial charge in [0.1, 0.15) is 5.82 Å². The summed E-state index contributed by atoms with van der Waals surface area (Å²) in [6.45, 7) is 3.67. The third-order valence-corrected chi connectivity index (χ3v) is 6.87. The van der Waals surface area contributed by atoms with E-state index in [9.17, 15) is 9.59 Å². The van der Waals surface area contributed by atoms with Crippen LogP contribution in [0.1, 0.15) is 34.7 Å². The van der Waals surface area contributed by atoms with Crippen LogP contribution in [0.5, 0.6) is 0 Å². The minimum atomic E-state index is -0.553. The Hall–Kier alpha value is -2.86. The van der Waals surface area contributed by atoms with E-state index in [4.69, 9.17) is 39.8 Å². The van der Waals surface area contributed by atoms with Gasteiger partial charge in [0, 0.05) is 17.6 Å². The van der Waals surface area contributed by atoms with Crippen molar-refractivity contribution in [2.24, 2.45) is 0 Å². The Labute approximate surface area is 206 Å². The topological polar surface area (TPSA) is 55.2 Å².